The van der Waals surface area contributed by atoms with E-state index in [2.05, 4.69) is 102 Å². The van der Waals surface area contributed by atoms with Gasteiger partial charge in [-0.05, 0) is 99.3 Å². The maximum absolute atomic E-state index is 11.7. The molecule has 0 saturated carbocycles. The van der Waals surface area contributed by atoms with E-state index < -0.39 is 5.41 Å². The van der Waals surface area contributed by atoms with Crippen molar-refractivity contribution < 1.29 is 13.9 Å². The van der Waals surface area contributed by atoms with Crippen LogP contribution in [0.3, 0.4) is 0 Å². The maximum Gasteiger partial charge on any atom is 0.149 e. The molecule has 5 nitrogen and oxygen atoms in total. The molecule has 2 aliphatic rings. The molecule has 11 rings (SSSR count). The predicted molar refractivity (Wildman–Crippen MR) is 200 cm³/mol. The van der Waals surface area contributed by atoms with Crippen molar-refractivity contribution >= 4 is 10.8 Å². The van der Waals surface area contributed by atoms with Crippen LogP contribution in [0.1, 0.15) is 22.4 Å². The number of aromatic hydroxyl groups is 1. The first-order chi connectivity index (χ1) is 25.2. The minimum absolute atomic E-state index is 0.185. The van der Waals surface area contributed by atoms with Crippen molar-refractivity contribution in [1.29, 1.82) is 0 Å². The number of furan rings is 2. The molecule has 2 aliphatic carbocycles. The van der Waals surface area contributed by atoms with Crippen molar-refractivity contribution in [1.82, 2.24) is 9.55 Å². The van der Waals surface area contributed by atoms with E-state index >= 15 is 0 Å². The first-order valence-corrected chi connectivity index (χ1v) is 17.1. The Bertz CT molecular complexity index is 2730. The van der Waals surface area contributed by atoms with Crippen molar-refractivity contribution in [2.24, 2.45) is 0 Å². The summed E-state index contributed by atoms with van der Waals surface area (Å²) in [5.74, 6) is 2.49. The summed E-state index contributed by atoms with van der Waals surface area (Å²) in [7, 11) is 0. The molecule has 1 spiro atoms. The summed E-state index contributed by atoms with van der Waals surface area (Å²) in [6.45, 7) is 0. The topological polar surface area (TPSA) is 64.3 Å². The highest BCUT2D eigenvalue weighted by Gasteiger charge is 2.55. The van der Waals surface area contributed by atoms with Gasteiger partial charge in [-0.2, -0.15) is 0 Å². The molecule has 0 aliphatic heterocycles. The number of para-hydroxylation sites is 1. The van der Waals surface area contributed by atoms with Gasteiger partial charge in [0.15, 0.2) is 0 Å². The van der Waals surface area contributed by atoms with E-state index in [0.717, 1.165) is 83.9 Å². The van der Waals surface area contributed by atoms with Gasteiger partial charge in [-0.25, -0.2) is 4.98 Å². The monoisotopic (exact) mass is 656 g/mol. The quantitative estimate of drug-likeness (QED) is 0.205. The van der Waals surface area contributed by atoms with Gasteiger partial charge in [0.2, 0.25) is 0 Å². The van der Waals surface area contributed by atoms with Gasteiger partial charge < -0.3 is 13.9 Å². The number of rotatable bonds is 4. The molecule has 0 unspecified atom stereocenters. The Morgan fingerprint density at radius 1 is 0.510 bits per heavy atom. The molecule has 5 heteroatoms. The lowest BCUT2D eigenvalue weighted by atomic mass is 9.72. The molecule has 3 aromatic heterocycles. The number of imidazole rings is 1. The first-order valence-electron chi connectivity index (χ1n) is 17.1. The van der Waals surface area contributed by atoms with Gasteiger partial charge in [0.05, 0.1) is 34.9 Å². The van der Waals surface area contributed by atoms with E-state index in [1.807, 2.05) is 54.6 Å². The van der Waals surface area contributed by atoms with Crippen LogP contribution < -0.4 is 0 Å². The molecule has 51 heavy (non-hydrogen) atoms. The lowest BCUT2D eigenvalue weighted by Crippen LogP contribution is -2.29. The third-order valence-electron chi connectivity index (χ3n) is 10.7. The lowest BCUT2D eigenvalue weighted by molar-refractivity contribution is 0.477. The zero-order valence-corrected chi connectivity index (χ0v) is 27.2. The molecule has 0 fully saturated rings. The van der Waals surface area contributed by atoms with Crippen molar-refractivity contribution in [3.8, 4) is 67.9 Å². The summed E-state index contributed by atoms with van der Waals surface area (Å²) in [4.78, 5) is 5.52. The fourth-order valence-corrected chi connectivity index (χ4v) is 8.58. The van der Waals surface area contributed by atoms with Crippen molar-refractivity contribution in [2.75, 3.05) is 0 Å². The van der Waals surface area contributed by atoms with Crippen LogP contribution >= 0.6 is 0 Å². The van der Waals surface area contributed by atoms with Gasteiger partial charge in [0, 0.05) is 22.4 Å². The minimum Gasteiger partial charge on any atom is -0.507 e. The summed E-state index contributed by atoms with van der Waals surface area (Å²) >= 11 is 0. The molecule has 0 bridgehead atoms. The standard InChI is InChI=1S/C46H28N2O3/c49-40-27-29-11-5-4-10-28(29)24-36(40)45-47-43-35-14-6-7-15-37(35)46(44(43)48(45)32-12-2-1-3-13-32)38-25-30(41-16-8-22-50-41)18-20-33(38)34-21-19-31(26-39(34)46)42-17-9-23-51-42/h1-27,49H. The Labute approximate surface area is 293 Å². The minimum atomic E-state index is -0.768. The molecule has 0 radical (unpaired) electrons. The van der Waals surface area contributed by atoms with E-state index in [0.29, 0.717) is 11.4 Å². The second-order valence-corrected chi connectivity index (χ2v) is 13.3. The number of hydrogen-bond acceptors (Lipinski definition) is 4. The van der Waals surface area contributed by atoms with Crippen LogP contribution in [0.15, 0.2) is 173 Å². The van der Waals surface area contributed by atoms with Crippen LogP contribution in [0, 0.1) is 0 Å². The number of aromatic nitrogens is 2. The van der Waals surface area contributed by atoms with Crippen molar-refractivity contribution in [3.63, 3.8) is 0 Å². The van der Waals surface area contributed by atoms with Crippen LogP contribution in [0.5, 0.6) is 5.75 Å². The Morgan fingerprint density at radius 3 is 1.76 bits per heavy atom. The number of nitrogens with zero attached hydrogens (tertiary/aromatic N) is 2. The van der Waals surface area contributed by atoms with Gasteiger partial charge in [-0.15, -0.1) is 0 Å². The smallest absolute Gasteiger partial charge is 0.149 e. The Kier molecular flexibility index (Phi) is 5.68. The van der Waals surface area contributed by atoms with E-state index in [4.69, 9.17) is 13.8 Å². The molecule has 9 aromatic rings. The zero-order valence-electron chi connectivity index (χ0n) is 27.2. The predicted octanol–water partition coefficient (Wildman–Crippen LogP) is 11.3. The number of fused-ring (bicyclic) bond motifs is 11. The molecular formula is C46H28N2O3. The fourth-order valence-electron chi connectivity index (χ4n) is 8.58. The molecular weight excluding hydrogens is 629 g/mol. The normalized spacial score (nSPS) is 13.3. The Morgan fingerprint density at radius 2 is 1.12 bits per heavy atom. The third-order valence-corrected chi connectivity index (χ3v) is 10.7. The highest BCUT2D eigenvalue weighted by atomic mass is 16.3. The molecule has 0 saturated heterocycles. The number of phenolic OH excluding ortho intramolecular Hbond substituents is 1. The lowest BCUT2D eigenvalue weighted by Gasteiger charge is -2.32. The molecule has 0 amide bonds. The highest BCUT2D eigenvalue weighted by Crippen LogP contribution is 2.64. The van der Waals surface area contributed by atoms with Crippen LogP contribution in [-0.4, -0.2) is 14.7 Å². The van der Waals surface area contributed by atoms with Crippen LogP contribution in [0.25, 0.3) is 72.9 Å². The van der Waals surface area contributed by atoms with Crippen LogP contribution in [-0.2, 0) is 5.41 Å². The van der Waals surface area contributed by atoms with Crippen LogP contribution in [0.2, 0.25) is 0 Å². The summed E-state index contributed by atoms with van der Waals surface area (Å²) < 4.78 is 14.2. The number of phenols is 1. The number of benzene rings is 6. The average molecular weight is 657 g/mol. The van der Waals surface area contributed by atoms with Gasteiger partial charge in [0.25, 0.3) is 0 Å². The van der Waals surface area contributed by atoms with Crippen LogP contribution in [0.4, 0.5) is 0 Å². The number of hydrogen-bond donors (Lipinski definition) is 1. The van der Waals surface area contributed by atoms with E-state index in [-0.39, 0.29) is 5.75 Å². The SMILES string of the molecule is Oc1cc2ccccc2cc1-c1nc2c(n1-c1ccccc1)C1(c3cc(-c4ccco4)ccc3-c3ccc(-c4ccco4)cc31)c1ccccc1-2. The Hall–Kier alpha value is -6.85. The largest absolute Gasteiger partial charge is 0.507 e. The van der Waals surface area contributed by atoms with E-state index in [9.17, 15) is 5.11 Å². The second kappa shape index (κ2) is 10.3. The van der Waals surface area contributed by atoms with E-state index in [1.165, 1.54) is 0 Å². The molecule has 1 N–H and O–H groups in total. The van der Waals surface area contributed by atoms with Gasteiger partial charge in [-0.3, -0.25) is 4.57 Å². The van der Waals surface area contributed by atoms with Crippen molar-refractivity contribution in [3.05, 3.63) is 187 Å². The van der Waals surface area contributed by atoms with E-state index in [1.54, 1.807) is 12.5 Å². The summed E-state index contributed by atoms with van der Waals surface area (Å²) in [5.41, 5.74) is 11.6. The first kappa shape index (κ1) is 28.0. The maximum atomic E-state index is 11.7. The fraction of sp³-hybridized carbons (Fsp3) is 0.0217. The third kappa shape index (κ3) is 3.77. The summed E-state index contributed by atoms with van der Waals surface area (Å²) in [5, 5.41) is 13.7. The van der Waals surface area contributed by atoms with Gasteiger partial charge in [-0.1, -0.05) is 91.0 Å². The average Bonchev–Trinajstić information content (AvgIpc) is 4.02. The molecule has 0 atom stereocenters. The Balaban J connectivity index is 1.31. The summed E-state index contributed by atoms with van der Waals surface area (Å²) in [6.07, 6.45) is 3.44. The highest BCUT2D eigenvalue weighted by molar-refractivity contribution is 5.97. The van der Waals surface area contributed by atoms with Gasteiger partial charge in [0.1, 0.15) is 23.1 Å². The molecule has 240 valence electrons. The zero-order chi connectivity index (χ0) is 33.7. The molecule has 3 heterocycles. The van der Waals surface area contributed by atoms with Crippen molar-refractivity contribution in [2.45, 2.75) is 5.41 Å². The van der Waals surface area contributed by atoms with Gasteiger partial charge >= 0.3 is 0 Å². The summed E-state index contributed by atoms with van der Waals surface area (Å²) in [6, 6.07) is 52.3. The second-order valence-electron chi connectivity index (χ2n) is 13.3. The molecule has 6 aromatic carbocycles.